The lowest BCUT2D eigenvalue weighted by Crippen LogP contribution is -2.30. The van der Waals surface area contributed by atoms with Gasteiger partial charge in [0, 0.05) is 24.7 Å². The number of fused-ring (bicyclic) bond motifs is 1. The van der Waals surface area contributed by atoms with Gasteiger partial charge in [0.05, 0.1) is 11.9 Å². The molecule has 4 nitrogen and oxygen atoms in total. The van der Waals surface area contributed by atoms with Gasteiger partial charge in [-0.15, -0.1) is 0 Å². The third kappa shape index (κ3) is 4.34. The Morgan fingerprint density at radius 3 is 2.71 bits per heavy atom. The molecule has 5 heteroatoms. The maximum Gasteiger partial charge on any atom is 0.269 e. The van der Waals surface area contributed by atoms with Gasteiger partial charge in [-0.3, -0.25) is 4.79 Å². The zero-order chi connectivity index (χ0) is 19.3. The van der Waals surface area contributed by atoms with Crippen LogP contribution in [0.25, 0.3) is 0 Å². The highest BCUT2D eigenvalue weighted by Crippen LogP contribution is 2.23. The highest BCUT2D eigenvalue weighted by molar-refractivity contribution is 6.30. The van der Waals surface area contributed by atoms with Crippen molar-refractivity contribution >= 4 is 23.2 Å². The molecule has 0 spiro atoms. The number of rotatable bonds is 5. The van der Waals surface area contributed by atoms with Crippen LogP contribution in [0.5, 0.6) is 0 Å². The molecule has 3 aromatic rings. The highest BCUT2D eigenvalue weighted by Gasteiger charge is 2.17. The summed E-state index contributed by atoms with van der Waals surface area (Å²) >= 11 is 5.99. The summed E-state index contributed by atoms with van der Waals surface area (Å²) < 4.78 is 0. The van der Waals surface area contributed by atoms with E-state index in [4.69, 9.17) is 11.6 Å². The van der Waals surface area contributed by atoms with Gasteiger partial charge in [0.1, 0.15) is 5.69 Å². The van der Waals surface area contributed by atoms with Crippen LogP contribution in [0, 0.1) is 0 Å². The van der Waals surface area contributed by atoms with Gasteiger partial charge in [-0.2, -0.15) is 0 Å². The van der Waals surface area contributed by atoms with E-state index in [-0.39, 0.29) is 5.91 Å². The molecular weight excluding hydrogens is 370 g/mol. The van der Waals surface area contributed by atoms with E-state index in [0.717, 1.165) is 37.2 Å². The van der Waals surface area contributed by atoms with Crippen LogP contribution in [0.1, 0.15) is 27.2 Å². The quantitative estimate of drug-likeness (QED) is 0.706. The van der Waals surface area contributed by atoms with Gasteiger partial charge in [-0.1, -0.05) is 48.0 Å². The Kier molecular flexibility index (Phi) is 5.58. The summed E-state index contributed by atoms with van der Waals surface area (Å²) in [7, 11) is 0. The first kappa shape index (κ1) is 18.5. The average molecular weight is 392 g/mol. The average Bonchev–Trinajstić information content (AvgIpc) is 2.73. The Hall–Kier alpha value is -2.85. The molecule has 1 aliphatic rings. The molecule has 1 N–H and O–H groups in total. The second-order valence-electron chi connectivity index (χ2n) is 6.98. The number of hydrogen-bond acceptors (Lipinski definition) is 3. The van der Waals surface area contributed by atoms with Gasteiger partial charge in [0.25, 0.3) is 5.91 Å². The van der Waals surface area contributed by atoms with Crippen molar-refractivity contribution in [1.82, 2.24) is 10.3 Å². The largest absolute Gasteiger partial charge is 0.366 e. The smallest absolute Gasteiger partial charge is 0.269 e. The first-order chi connectivity index (χ1) is 13.7. The Labute approximate surface area is 170 Å². The number of amides is 1. The Bertz CT molecular complexity index is 972. The van der Waals surface area contributed by atoms with Crippen LogP contribution >= 0.6 is 11.6 Å². The molecular formula is C23H22ClN3O. The minimum atomic E-state index is -0.155. The minimum absolute atomic E-state index is 0.155. The van der Waals surface area contributed by atoms with E-state index >= 15 is 0 Å². The first-order valence-electron chi connectivity index (χ1n) is 9.49. The minimum Gasteiger partial charge on any atom is -0.366 e. The number of benzene rings is 2. The van der Waals surface area contributed by atoms with Crippen LogP contribution < -0.4 is 10.2 Å². The number of carbonyl (C=O) groups is 1. The van der Waals surface area contributed by atoms with Crippen molar-refractivity contribution in [2.45, 2.75) is 19.4 Å². The first-order valence-corrected chi connectivity index (χ1v) is 9.87. The molecule has 4 rings (SSSR count). The summed E-state index contributed by atoms with van der Waals surface area (Å²) in [6.45, 7) is 2.39. The van der Waals surface area contributed by atoms with Crippen molar-refractivity contribution in [3.63, 3.8) is 0 Å². The van der Waals surface area contributed by atoms with Crippen molar-refractivity contribution in [2.75, 3.05) is 18.0 Å². The van der Waals surface area contributed by atoms with E-state index in [1.165, 1.54) is 11.1 Å². The van der Waals surface area contributed by atoms with Crippen LogP contribution in [0.4, 0.5) is 5.69 Å². The fourth-order valence-corrected chi connectivity index (χ4v) is 3.74. The molecule has 0 radical (unpaired) electrons. The molecule has 2 aromatic carbocycles. The number of aromatic nitrogens is 1. The lowest BCUT2D eigenvalue weighted by molar-refractivity contribution is 0.0949. The number of halogens is 1. The fraction of sp³-hybridized carbons (Fsp3) is 0.217. The van der Waals surface area contributed by atoms with Crippen LogP contribution in [0.15, 0.2) is 66.9 Å². The monoisotopic (exact) mass is 391 g/mol. The van der Waals surface area contributed by atoms with E-state index in [1.807, 2.05) is 30.3 Å². The molecule has 0 atom stereocenters. The molecule has 0 saturated heterocycles. The Morgan fingerprint density at radius 2 is 1.93 bits per heavy atom. The van der Waals surface area contributed by atoms with Crippen molar-refractivity contribution in [1.29, 1.82) is 0 Å². The lowest BCUT2D eigenvalue weighted by Gasteiger charge is -2.30. The van der Waals surface area contributed by atoms with Crippen LogP contribution in [-0.4, -0.2) is 24.0 Å². The van der Waals surface area contributed by atoms with Gasteiger partial charge in [0.2, 0.25) is 0 Å². The molecule has 0 saturated carbocycles. The zero-order valence-electron chi connectivity index (χ0n) is 15.6. The van der Waals surface area contributed by atoms with E-state index in [9.17, 15) is 4.79 Å². The fourth-order valence-electron chi connectivity index (χ4n) is 3.53. The number of pyridine rings is 1. The molecule has 1 aliphatic heterocycles. The molecule has 0 fully saturated rings. The maximum atomic E-state index is 12.3. The van der Waals surface area contributed by atoms with Gasteiger partial charge in [-0.25, -0.2) is 4.98 Å². The van der Waals surface area contributed by atoms with Crippen molar-refractivity contribution < 1.29 is 4.79 Å². The molecule has 142 valence electrons. The molecule has 0 aliphatic carbocycles. The number of hydrogen-bond donors (Lipinski definition) is 1. The van der Waals surface area contributed by atoms with E-state index in [2.05, 4.69) is 39.5 Å². The van der Waals surface area contributed by atoms with E-state index in [1.54, 1.807) is 12.3 Å². The number of carbonyl (C=O) groups excluding carboxylic acids is 1. The van der Waals surface area contributed by atoms with Gasteiger partial charge < -0.3 is 10.2 Å². The second kappa shape index (κ2) is 8.44. The highest BCUT2D eigenvalue weighted by atomic mass is 35.5. The summed E-state index contributed by atoms with van der Waals surface area (Å²) in [5.41, 5.74) is 5.36. The van der Waals surface area contributed by atoms with Gasteiger partial charge in [0.15, 0.2) is 0 Å². The maximum absolute atomic E-state index is 12.3. The van der Waals surface area contributed by atoms with E-state index in [0.29, 0.717) is 17.3 Å². The second-order valence-corrected chi connectivity index (χ2v) is 7.41. The normalized spacial score (nSPS) is 13.1. The number of nitrogens with zero attached hydrogens (tertiary/aromatic N) is 2. The molecule has 1 aromatic heterocycles. The molecule has 0 unspecified atom stereocenters. The summed E-state index contributed by atoms with van der Waals surface area (Å²) in [4.78, 5) is 19.0. The van der Waals surface area contributed by atoms with Crippen molar-refractivity contribution in [3.05, 3.63) is 94.3 Å². The van der Waals surface area contributed by atoms with E-state index < -0.39 is 0 Å². The van der Waals surface area contributed by atoms with Crippen LogP contribution in [0.3, 0.4) is 0 Å². The Morgan fingerprint density at radius 1 is 1.07 bits per heavy atom. The summed E-state index contributed by atoms with van der Waals surface area (Å²) in [5.74, 6) is -0.155. The molecule has 28 heavy (non-hydrogen) atoms. The van der Waals surface area contributed by atoms with Crippen LogP contribution in [0.2, 0.25) is 5.02 Å². The summed E-state index contributed by atoms with van der Waals surface area (Å²) in [6, 6.07) is 20.0. The van der Waals surface area contributed by atoms with Gasteiger partial charge >= 0.3 is 0 Å². The number of nitrogens with one attached hydrogen (secondary N) is 1. The molecule has 0 bridgehead atoms. The summed E-state index contributed by atoms with van der Waals surface area (Å²) in [6.07, 6.45) is 3.55. The third-order valence-corrected chi connectivity index (χ3v) is 5.30. The SMILES string of the molecule is O=C(NCCc1cccc(Cl)c1)c1ccc(N2CCc3ccccc3C2)cn1. The van der Waals surface area contributed by atoms with Gasteiger partial charge in [-0.05, 0) is 53.8 Å². The van der Waals surface area contributed by atoms with Crippen molar-refractivity contribution in [2.24, 2.45) is 0 Å². The molecule has 1 amide bonds. The predicted molar refractivity (Wildman–Crippen MR) is 113 cm³/mol. The molecule has 2 heterocycles. The topological polar surface area (TPSA) is 45.2 Å². The number of anilines is 1. The standard InChI is InChI=1S/C23H22ClN3O/c24-20-7-3-4-17(14-20)10-12-25-23(28)22-9-8-21(15-26-22)27-13-11-18-5-1-2-6-19(18)16-27/h1-9,14-15H,10-13,16H2,(H,25,28). The predicted octanol–water partition coefficient (Wildman–Crippen LogP) is 4.27. The zero-order valence-corrected chi connectivity index (χ0v) is 16.3. The Balaban J connectivity index is 1.33. The lowest BCUT2D eigenvalue weighted by atomic mass is 10.00. The van der Waals surface area contributed by atoms with Crippen molar-refractivity contribution in [3.8, 4) is 0 Å². The third-order valence-electron chi connectivity index (χ3n) is 5.06. The summed E-state index contributed by atoms with van der Waals surface area (Å²) in [5, 5.41) is 3.63. The van der Waals surface area contributed by atoms with Crippen LogP contribution in [-0.2, 0) is 19.4 Å².